The lowest BCUT2D eigenvalue weighted by molar-refractivity contribution is 0.593. The fourth-order valence-corrected chi connectivity index (χ4v) is 3.89. The predicted molar refractivity (Wildman–Crippen MR) is 93.0 cm³/mol. The Morgan fingerprint density at radius 3 is 2.61 bits per heavy atom. The number of aryl methyl sites for hydroxylation is 2. The van der Waals surface area contributed by atoms with Gasteiger partial charge in [-0.05, 0) is 43.2 Å². The van der Waals surface area contributed by atoms with Gasteiger partial charge in [0.05, 0.1) is 22.5 Å². The first-order valence-corrected chi connectivity index (χ1v) is 8.95. The molecule has 5 nitrogen and oxygen atoms in total. The summed E-state index contributed by atoms with van der Waals surface area (Å²) in [6.45, 7) is 3.79. The number of imidazole rings is 1. The minimum Gasteiger partial charge on any atom is -0.342 e. The number of nitrogens with one attached hydrogen (secondary N) is 1. The Bertz CT molecular complexity index is 961. The fourth-order valence-electron chi connectivity index (χ4n) is 2.55. The van der Waals surface area contributed by atoms with Crippen LogP contribution in [0, 0.1) is 13.8 Å². The lowest BCUT2D eigenvalue weighted by Crippen LogP contribution is -2.28. The zero-order chi connectivity index (χ0) is 16.6. The second kappa shape index (κ2) is 5.70. The molecule has 0 bridgehead atoms. The Hall–Kier alpha value is -2.34. The summed E-state index contributed by atoms with van der Waals surface area (Å²) in [5.41, 5.74) is 4.07. The number of benzene rings is 2. The number of fused-ring (bicyclic) bond motifs is 1. The number of hydrogen-bond acceptors (Lipinski definition) is 3. The zero-order valence-electron chi connectivity index (χ0n) is 13.4. The molecule has 120 valence electrons. The standard InChI is InChI=1S/C17H19N3O2S/c1-12-6-4-5-7-14(12)11-23(21,22)20(3)15-8-9-16-17(10-15)19-13(2)18-16/h4-10H,11H2,1-3H3,(H,18,19). The van der Waals surface area contributed by atoms with Crippen LogP contribution >= 0.6 is 0 Å². The van der Waals surface area contributed by atoms with Gasteiger partial charge in [0.25, 0.3) is 0 Å². The van der Waals surface area contributed by atoms with Crippen molar-refractivity contribution in [1.82, 2.24) is 9.97 Å². The van der Waals surface area contributed by atoms with E-state index < -0.39 is 10.0 Å². The van der Waals surface area contributed by atoms with Gasteiger partial charge in [-0.3, -0.25) is 4.31 Å². The Kier molecular flexibility index (Phi) is 3.85. The van der Waals surface area contributed by atoms with E-state index >= 15 is 0 Å². The number of anilines is 1. The van der Waals surface area contributed by atoms with E-state index in [0.29, 0.717) is 5.69 Å². The molecule has 0 fully saturated rings. The van der Waals surface area contributed by atoms with Crippen molar-refractivity contribution in [2.24, 2.45) is 0 Å². The highest BCUT2D eigenvalue weighted by atomic mass is 32.2. The van der Waals surface area contributed by atoms with Crippen molar-refractivity contribution < 1.29 is 8.42 Å². The lowest BCUT2D eigenvalue weighted by atomic mass is 10.1. The number of H-pyrrole nitrogens is 1. The van der Waals surface area contributed by atoms with Crippen molar-refractivity contribution in [3.8, 4) is 0 Å². The number of aromatic amines is 1. The van der Waals surface area contributed by atoms with Crippen LogP contribution in [0.5, 0.6) is 0 Å². The summed E-state index contributed by atoms with van der Waals surface area (Å²) in [5, 5.41) is 0. The average molecular weight is 329 g/mol. The van der Waals surface area contributed by atoms with Crippen molar-refractivity contribution in [3.05, 3.63) is 59.4 Å². The third-order valence-electron chi connectivity index (χ3n) is 3.96. The summed E-state index contributed by atoms with van der Waals surface area (Å²) in [4.78, 5) is 7.46. The summed E-state index contributed by atoms with van der Waals surface area (Å²) < 4.78 is 26.7. The Morgan fingerprint density at radius 1 is 1.13 bits per heavy atom. The molecule has 0 saturated carbocycles. The monoisotopic (exact) mass is 329 g/mol. The maximum atomic E-state index is 12.7. The van der Waals surface area contributed by atoms with Crippen LogP contribution in [0.4, 0.5) is 5.69 Å². The van der Waals surface area contributed by atoms with Crippen molar-refractivity contribution >= 4 is 26.7 Å². The first kappa shape index (κ1) is 15.6. The van der Waals surface area contributed by atoms with Crippen LogP contribution in [0.15, 0.2) is 42.5 Å². The molecular formula is C17H19N3O2S. The SMILES string of the molecule is Cc1nc2ccc(N(C)S(=O)(=O)Cc3ccccc3C)cc2[nH]1. The van der Waals surface area contributed by atoms with E-state index in [1.807, 2.05) is 50.2 Å². The molecule has 0 amide bonds. The molecule has 0 saturated heterocycles. The van der Waals surface area contributed by atoms with E-state index in [1.165, 1.54) is 4.31 Å². The maximum absolute atomic E-state index is 12.7. The van der Waals surface area contributed by atoms with Gasteiger partial charge in [0, 0.05) is 7.05 Å². The largest absolute Gasteiger partial charge is 0.342 e. The van der Waals surface area contributed by atoms with Crippen LogP contribution in [0.2, 0.25) is 0 Å². The van der Waals surface area contributed by atoms with Crippen molar-refractivity contribution in [2.45, 2.75) is 19.6 Å². The van der Waals surface area contributed by atoms with E-state index in [4.69, 9.17) is 0 Å². The first-order chi connectivity index (χ1) is 10.9. The van der Waals surface area contributed by atoms with E-state index in [0.717, 1.165) is 28.0 Å². The van der Waals surface area contributed by atoms with Gasteiger partial charge >= 0.3 is 0 Å². The zero-order valence-corrected chi connectivity index (χ0v) is 14.2. The average Bonchev–Trinajstić information content (AvgIpc) is 2.87. The molecule has 1 aromatic heterocycles. The molecule has 0 radical (unpaired) electrons. The summed E-state index contributed by atoms with van der Waals surface area (Å²) in [6.07, 6.45) is 0. The smallest absolute Gasteiger partial charge is 0.239 e. The lowest BCUT2D eigenvalue weighted by Gasteiger charge is -2.20. The molecule has 2 aromatic carbocycles. The Labute approximate surface area is 136 Å². The first-order valence-electron chi connectivity index (χ1n) is 7.34. The molecule has 0 aliphatic heterocycles. The van der Waals surface area contributed by atoms with Crippen LogP contribution in [0.1, 0.15) is 17.0 Å². The minimum absolute atomic E-state index is 0.0176. The second-order valence-corrected chi connectivity index (χ2v) is 7.67. The third kappa shape index (κ3) is 3.07. The van der Waals surface area contributed by atoms with Crippen LogP contribution in [0.25, 0.3) is 11.0 Å². The molecule has 1 heterocycles. The molecule has 0 spiro atoms. The quantitative estimate of drug-likeness (QED) is 0.799. The summed E-state index contributed by atoms with van der Waals surface area (Å²) in [5.74, 6) is 0.790. The number of hydrogen-bond donors (Lipinski definition) is 1. The molecule has 3 aromatic rings. The highest BCUT2D eigenvalue weighted by Gasteiger charge is 2.20. The second-order valence-electron chi connectivity index (χ2n) is 5.67. The van der Waals surface area contributed by atoms with E-state index in [1.54, 1.807) is 13.1 Å². The van der Waals surface area contributed by atoms with Crippen molar-refractivity contribution in [2.75, 3.05) is 11.4 Å². The molecule has 3 rings (SSSR count). The molecule has 23 heavy (non-hydrogen) atoms. The maximum Gasteiger partial charge on any atom is 0.239 e. The topological polar surface area (TPSA) is 66.1 Å². The number of sulfonamides is 1. The molecule has 0 unspecified atom stereocenters. The number of nitrogens with zero attached hydrogens (tertiary/aromatic N) is 2. The van der Waals surface area contributed by atoms with Gasteiger partial charge in [0.2, 0.25) is 10.0 Å². The molecule has 0 aliphatic carbocycles. The van der Waals surface area contributed by atoms with Crippen molar-refractivity contribution in [3.63, 3.8) is 0 Å². The van der Waals surface area contributed by atoms with Crippen molar-refractivity contribution in [1.29, 1.82) is 0 Å². The molecule has 6 heteroatoms. The number of rotatable bonds is 4. The van der Waals surface area contributed by atoms with E-state index in [-0.39, 0.29) is 5.75 Å². The summed E-state index contributed by atoms with van der Waals surface area (Å²) in [6, 6.07) is 12.9. The fraction of sp³-hybridized carbons (Fsp3) is 0.235. The molecule has 0 atom stereocenters. The van der Waals surface area contributed by atoms with Crippen LogP contribution in [-0.4, -0.2) is 25.4 Å². The minimum atomic E-state index is -3.45. The van der Waals surface area contributed by atoms with Gasteiger partial charge in [-0.2, -0.15) is 0 Å². The van der Waals surface area contributed by atoms with E-state index in [9.17, 15) is 8.42 Å². The summed E-state index contributed by atoms with van der Waals surface area (Å²) >= 11 is 0. The third-order valence-corrected chi connectivity index (χ3v) is 5.69. The predicted octanol–water partition coefficient (Wildman–Crippen LogP) is 3.15. The summed E-state index contributed by atoms with van der Waals surface area (Å²) in [7, 11) is -1.87. The molecular weight excluding hydrogens is 310 g/mol. The molecule has 1 N–H and O–H groups in total. The Morgan fingerprint density at radius 2 is 1.87 bits per heavy atom. The van der Waals surface area contributed by atoms with Gasteiger partial charge in [0.1, 0.15) is 5.82 Å². The van der Waals surface area contributed by atoms with Crippen LogP contribution < -0.4 is 4.31 Å². The Balaban J connectivity index is 1.93. The van der Waals surface area contributed by atoms with Crippen LogP contribution in [-0.2, 0) is 15.8 Å². The van der Waals surface area contributed by atoms with Gasteiger partial charge in [-0.25, -0.2) is 13.4 Å². The van der Waals surface area contributed by atoms with Gasteiger partial charge in [0.15, 0.2) is 0 Å². The molecule has 0 aliphatic rings. The van der Waals surface area contributed by atoms with Crippen LogP contribution in [0.3, 0.4) is 0 Å². The highest BCUT2D eigenvalue weighted by molar-refractivity contribution is 7.92. The van der Waals surface area contributed by atoms with Gasteiger partial charge in [-0.15, -0.1) is 0 Å². The van der Waals surface area contributed by atoms with E-state index in [2.05, 4.69) is 9.97 Å². The van der Waals surface area contributed by atoms with Gasteiger partial charge in [-0.1, -0.05) is 24.3 Å². The highest BCUT2D eigenvalue weighted by Crippen LogP contribution is 2.24. The number of aromatic nitrogens is 2. The normalized spacial score (nSPS) is 11.8. The van der Waals surface area contributed by atoms with Gasteiger partial charge < -0.3 is 4.98 Å².